The van der Waals surface area contributed by atoms with E-state index in [0.29, 0.717) is 0 Å². The van der Waals surface area contributed by atoms with Gasteiger partial charge in [-0.2, -0.15) is 0 Å². The third-order valence-electron chi connectivity index (χ3n) is 0.794. The van der Waals surface area contributed by atoms with Crippen molar-refractivity contribution in [3.05, 3.63) is 11.0 Å². The first-order valence-electron chi connectivity index (χ1n) is 3.23. The van der Waals surface area contributed by atoms with E-state index in [9.17, 15) is 0 Å². The van der Waals surface area contributed by atoms with Gasteiger partial charge in [0.1, 0.15) is 7.85 Å². The van der Waals surface area contributed by atoms with Gasteiger partial charge in [-0.25, -0.2) is 0 Å². The Morgan fingerprint density at radius 2 is 2.10 bits per heavy atom. The van der Waals surface area contributed by atoms with Crippen molar-refractivity contribution < 1.29 is 4.18 Å². The van der Waals surface area contributed by atoms with Crippen molar-refractivity contribution in [1.82, 2.24) is 0 Å². The van der Waals surface area contributed by atoms with Crippen LogP contribution in [0.15, 0.2) is 11.0 Å². The Hall–Kier alpha value is 0.115. The monoisotopic (exact) mass is 156 g/mol. The standard InChI is InChI=1S/C7H13BOS/c1-5-6(2)10-9-7(3,4)8/h5H,1-4H3. The Morgan fingerprint density at radius 1 is 1.60 bits per heavy atom. The fourth-order valence-electron chi connectivity index (χ4n) is 0.221. The first-order valence-corrected chi connectivity index (χ1v) is 3.97. The Kier molecular flexibility index (Phi) is 4.14. The van der Waals surface area contributed by atoms with Gasteiger partial charge in [0.05, 0.1) is 0 Å². The van der Waals surface area contributed by atoms with E-state index in [2.05, 4.69) is 0 Å². The molecule has 10 heavy (non-hydrogen) atoms. The average Bonchev–Trinajstić information content (AvgIpc) is 1.81. The van der Waals surface area contributed by atoms with E-state index >= 15 is 0 Å². The molecule has 1 nitrogen and oxygen atoms in total. The largest absolute Gasteiger partial charge is 0.315 e. The quantitative estimate of drug-likeness (QED) is 0.458. The van der Waals surface area contributed by atoms with E-state index in [0.717, 1.165) is 4.91 Å². The minimum atomic E-state index is -0.547. The maximum Gasteiger partial charge on any atom is 0.114 e. The van der Waals surface area contributed by atoms with Gasteiger partial charge in [-0.05, 0) is 27.7 Å². The molecule has 0 aromatic carbocycles. The summed E-state index contributed by atoms with van der Waals surface area (Å²) in [6, 6.07) is 0. The molecule has 0 bridgehead atoms. The summed E-state index contributed by atoms with van der Waals surface area (Å²) in [6.07, 6.45) is 1.98. The summed E-state index contributed by atoms with van der Waals surface area (Å²) in [7, 11) is 5.57. The summed E-state index contributed by atoms with van der Waals surface area (Å²) < 4.78 is 5.21. The average molecular weight is 156 g/mol. The Morgan fingerprint density at radius 3 is 2.40 bits per heavy atom. The van der Waals surface area contributed by atoms with E-state index in [4.69, 9.17) is 12.0 Å². The third kappa shape index (κ3) is 6.24. The molecule has 0 rings (SSSR count). The summed E-state index contributed by atoms with van der Waals surface area (Å²) in [5.74, 6) is 0. The van der Waals surface area contributed by atoms with Crippen LogP contribution in [0.1, 0.15) is 27.7 Å². The zero-order valence-corrected chi connectivity index (χ0v) is 7.79. The molecule has 0 aromatic rings. The molecule has 2 radical (unpaired) electrons. The zero-order valence-electron chi connectivity index (χ0n) is 6.97. The maximum absolute atomic E-state index is 5.57. The molecular formula is C7H13BOS. The first kappa shape index (κ1) is 10.1. The van der Waals surface area contributed by atoms with Crippen LogP contribution in [0.25, 0.3) is 0 Å². The fraction of sp³-hybridized carbons (Fsp3) is 0.714. The van der Waals surface area contributed by atoms with Gasteiger partial charge >= 0.3 is 0 Å². The molecule has 0 saturated heterocycles. The van der Waals surface area contributed by atoms with E-state index in [1.165, 1.54) is 12.0 Å². The summed E-state index contributed by atoms with van der Waals surface area (Å²) >= 11 is 1.32. The van der Waals surface area contributed by atoms with Crippen molar-refractivity contribution in [2.75, 3.05) is 0 Å². The van der Waals surface area contributed by atoms with Crippen LogP contribution in [0, 0.1) is 0 Å². The van der Waals surface area contributed by atoms with Crippen LogP contribution < -0.4 is 0 Å². The highest BCUT2D eigenvalue weighted by Gasteiger charge is 2.09. The Labute approximate surface area is 68.8 Å². The van der Waals surface area contributed by atoms with Gasteiger partial charge in [0.25, 0.3) is 0 Å². The van der Waals surface area contributed by atoms with Crippen LogP contribution in [-0.2, 0) is 4.18 Å². The van der Waals surface area contributed by atoms with Crippen molar-refractivity contribution in [2.24, 2.45) is 0 Å². The molecule has 0 spiro atoms. The van der Waals surface area contributed by atoms with Crippen molar-refractivity contribution in [3.63, 3.8) is 0 Å². The van der Waals surface area contributed by atoms with Crippen LogP contribution >= 0.6 is 12.0 Å². The lowest BCUT2D eigenvalue weighted by molar-refractivity contribution is 0.241. The molecule has 0 N–H and O–H groups in total. The number of hydrogen-bond donors (Lipinski definition) is 0. The van der Waals surface area contributed by atoms with Crippen molar-refractivity contribution >= 4 is 19.9 Å². The van der Waals surface area contributed by atoms with Crippen molar-refractivity contribution in [1.29, 1.82) is 0 Å². The highest BCUT2D eigenvalue weighted by molar-refractivity contribution is 7.98. The van der Waals surface area contributed by atoms with Gasteiger partial charge in [-0.1, -0.05) is 6.08 Å². The number of allylic oxidation sites excluding steroid dienone is 2. The summed E-state index contributed by atoms with van der Waals surface area (Å²) in [5, 5.41) is 0. The molecular weight excluding hydrogens is 143 g/mol. The third-order valence-corrected chi connectivity index (χ3v) is 1.81. The van der Waals surface area contributed by atoms with Crippen LogP contribution in [0.2, 0.25) is 0 Å². The van der Waals surface area contributed by atoms with Gasteiger partial charge in [0.2, 0.25) is 0 Å². The highest BCUT2D eigenvalue weighted by atomic mass is 32.2. The molecule has 0 amide bonds. The molecule has 0 heterocycles. The summed E-state index contributed by atoms with van der Waals surface area (Å²) in [5.41, 5.74) is -0.547. The topological polar surface area (TPSA) is 9.23 Å². The van der Waals surface area contributed by atoms with E-state index < -0.39 is 5.50 Å². The lowest BCUT2D eigenvalue weighted by atomic mass is 9.86. The number of rotatable bonds is 3. The lowest BCUT2D eigenvalue weighted by Gasteiger charge is -2.18. The minimum absolute atomic E-state index is 0.547. The predicted octanol–water partition coefficient (Wildman–Crippen LogP) is 2.48. The van der Waals surface area contributed by atoms with Gasteiger partial charge in [-0.15, -0.1) is 0 Å². The molecule has 0 unspecified atom stereocenters. The molecule has 0 fully saturated rings. The predicted molar refractivity (Wildman–Crippen MR) is 47.9 cm³/mol. The smallest absolute Gasteiger partial charge is 0.114 e. The van der Waals surface area contributed by atoms with E-state index in [1.54, 1.807) is 0 Å². The lowest BCUT2D eigenvalue weighted by Crippen LogP contribution is -2.20. The van der Waals surface area contributed by atoms with Gasteiger partial charge in [-0.3, -0.25) is 0 Å². The SMILES string of the molecule is [B]C(C)(C)OSC(C)=CC. The normalized spacial score (nSPS) is 13.8. The number of hydrogen-bond acceptors (Lipinski definition) is 2. The molecule has 0 aliphatic heterocycles. The molecule has 3 heteroatoms. The van der Waals surface area contributed by atoms with Crippen LogP contribution in [0.4, 0.5) is 0 Å². The van der Waals surface area contributed by atoms with Crippen LogP contribution in [0.5, 0.6) is 0 Å². The zero-order chi connectivity index (χ0) is 8.20. The van der Waals surface area contributed by atoms with Gasteiger partial charge in [0.15, 0.2) is 0 Å². The van der Waals surface area contributed by atoms with Crippen LogP contribution in [-0.4, -0.2) is 13.3 Å². The Bertz CT molecular complexity index is 126. The second-order valence-corrected chi connectivity index (χ2v) is 3.65. The second-order valence-electron chi connectivity index (χ2n) is 2.67. The Balaban J connectivity index is 3.56. The molecule has 0 aliphatic rings. The second kappa shape index (κ2) is 4.09. The fourth-order valence-corrected chi connectivity index (χ4v) is 0.664. The summed E-state index contributed by atoms with van der Waals surface area (Å²) in [4.78, 5) is 1.12. The van der Waals surface area contributed by atoms with E-state index in [-0.39, 0.29) is 0 Å². The van der Waals surface area contributed by atoms with Crippen LogP contribution in [0.3, 0.4) is 0 Å². The highest BCUT2D eigenvalue weighted by Crippen LogP contribution is 2.21. The molecule has 0 aliphatic carbocycles. The van der Waals surface area contributed by atoms with Crippen molar-refractivity contribution in [2.45, 2.75) is 33.2 Å². The molecule has 0 atom stereocenters. The van der Waals surface area contributed by atoms with Gasteiger partial charge < -0.3 is 4.18 Å². The maximum atomic E-state index is 5.57. The van der Waals surface area contributed by atoms with E-state index in [1.807, 2.05) is 33.8 Å². The first-order chi connectivity index (χ1) is 4.45. The van der Waals surface area contributed by atoms with Crippen molar-refractivity contribution in [3.8, 4) is 0 Å². The molecule has 0 aromatic heterocycles. The van der Waals surface area contributed by atoms with Gasteiger partial charge in [0, 0.05) is 22.4 Å². The minimum Gasteiger partial charge on any atom is -0.315 e. The summed E-state index contributed by atoms with van der Waals surface area (Å²) in [6.45, 7) is 7.59. The molecule has 56 valence electrons. The molecule has 0 saturated carbocycles.